The zero-order valence-electron chi connectivity index (χ0n) is 51.6. The molecule has 22 nitrogen and oxygen atoms in total. The van der Waals surface area contributed by atoms with E-state index < -0.39 is 125 Å². The van der Waals surface area contributed by atoms with E-state index in [1.165, 1.54) is 74.2 Å². The first-order chi connectivity index (χ1) is 49.4. The highest BCUT2D eigenvalue weighted by molar-refractivity contribution is 9.10. The van der Waals surface area contributed by atoms with Gasteiger partial charge in [-0.2, -0.15) is 49.7 Å². The number of alkyl halides is 9. The molecule has 0 aliphatic carbocycles. The standard InChI is InChI=1S/2C20H10Cl3F3N4O3S.C14H10BrCl2F3N2O3S.C8H3ClO3/c21-9-6-15(30-34(32,33)10-4-5-13(22)12(7-10)20(24,25)26)17(27-8-9)18-16-11(19(31)29-28-18)2-1-3-14(16)23;21-9-6-15(30-34(32,33)10-4-5-13(22)12(7-10)20(24,25)26)18(27-8-9)17-11-2-1-3-14(23)16(11)19(31)29-28-17;1-25-7-22(12-4-8(16)6-21-13(12)15)26(23,24)9-2-3-11(17)10(5-9)14(18,19)20;9-5-3-1-2-4-6(5)8(11)12-7(4)10/h2*1-8,30H,(H,29,31);2-6H,7H2,1H3;1-3H. The van der Waals surface area contributed by atoms with Crippen molar-refractivity contribution in [1.82, 2.24) is 35.3 Å². The maximum absolute atomic E-state index is 13.2. The maximum Gasteiger partial charge on any atom is 0.417 e. The molecule has 1 aliphatic rings. The molecule has 0 amide bonds. The second kappa shape index (κ2) is 32.4. The minimum absolute atomic E-state index is 0.00265. The molecule has 0 atom stereocenters. The van der Waals surface area contributed by atoms with Crippen LogP contribution in [0, 0.1) is 0 Å². The Balaban J connectivity index is 0.000000171. The van der Waals surface area contributed by atoms with Crippen molar-refractivity contribution in [3.8, 4) is 22.8 Å². The van der Waals surface area contributed by atoms with Crippen LogP contribution in [0.3, 0.4) is 0 Å². The van der Waals surface area contributed by atoms with Crippen LogP contribution in [-0.4, -0.2) is 86.4 Å². The fourth-order valence-corrected chi connectivity index (χ4v) is 15.4. The number of fused-ring (bicyclic) bond motifs is 3. The molecule has 554 valence electrons. The molecule has 44 heteroatoms. The van der Waals surface area contributed by atoms with Crippen molar-refractivity contribution in [2.75, 3.05) is 27.6 Å². The number of nitrogens with zero attached hydrogens (tertiary/aromatic N) is 6. The van der Waals surface area contributed by atoms with Gasteiger partial charge in [-0.3, -0.25) is 29.0 Å². The van der Waals surface area contributed by atoms with E-state index in [-0.39, 0.29) is 107 Å². The second-order valence-electron chi connectivity index (χ2n) is 20.9. The van der Waals surface area contributed by atoms with E-state index in [1.54, 1.807) is 24.3 Å². The first kappa shape index (κ1) is 81.9. The summed E-state index contributed by atoms with van der Waals surface area (Å²) in [5.41, 5.74) is -5.08. The molecule has 0 saturated carbocycles. The number of sulfonamides is 3. The van der Waals surface area contributed by atoms with Crippen molar-refractivity contribution in [1.29, 1.82) is 0 Å². The molecule has 6 aromatic carbocycles. The molecule has 0 unspecified atom stereocenters. The van der Waals surface area contributed by atoms with Gasteiger partial charge in [0.1, 0.15) is 34.1 Å². The third-order valence-corrected chi connectivity index (χ3v) is 21.7. The summed E-state index contributed by atoms with van der Waals surface area (Å²) >= 11 is 55.7. The summed E-state index contributed by atoms with van der Waals surface area (Å²) < 4.78 is 211. The fraction of sp³-hybridized carbons (Fsp3) is 0.0806. The van der Waals surface area contributed by atoms with E-state index in [1.807, 2.05) is 0 Å². The normalized spacial score (nSPS) is 12.5. The van der Waals surface area contributed by atoms with Gasteiger partial charge in [0, 0.05) is 36.5 Å². The number of hydrogen-bond acceptors (Lipinski definition) is 17. The van der Waals surface area contributed by atoms with E-state index in [2.05, 4.69) is 65.5 Å². The molecule has 0 fully saturated rings. The lowest BCUT2D eigenvalue weighted by molar-refractivity contribution is -0.138. The Morgan fingerprint density at radius 2 is 0.906 bits per heavy atom. The van der Waals surface area contributed by atoms with Gasteiger partial charge in [0.15, 0.2) is 0 Å². The molecule has 12 rings (SSSR count). The van der Waals surface area contributed by atoms with Gasteiger partial charge in [0.05, 0.1) is 116 Å². The Bertz CT molecular complexity index is 5860. The van der Waals surface area contributed by atoms with E-state index in [0.29, 0.717) is 18.2 Å². The van der Waals surface area contributed by atoms with Crippen molar-refractivity contribution in [2.24, 2.45) is 0 Å². The van der Waals surface area contributed by atoms with E-state index in [0.717, 1.165) is 40.7 Å². The second-order valence-corrected chi connectivity index (χ2v) is 30.7. The van der Waals surface area contributed by atoms with Crippen LogP contribution in [0.15, 0.2) is 175 Å². The average Bonchev–Trinajstić information content (AvgIpc) is 1.00. The van der Waals surface area contributed by atoms with Crippen LogP contribution in [0.25, 0.3) is 44.3 Å². The number of pyridine rings is 3. The maximum atomic E-state index is 13.2. The number of anilines is 3. The van der Waals surface area contributed by atoms with Crippen molar-refractivity contribution in [3.63, 3.8) is 0 Å². The van der Waals surface area contributed by atoms with Crippen LogP contribution in [0.1, 0.15) is 37.4 Å². The zero-order chi connectivity index (χ0) is 78.1. The fourth-order valence-electron chi connectivity index (χ4n) is 9.37. The Morgan fingerprint density at radius 3 is 1.41 bits per heavy atom. The topological polar surface area (TPSA) is 312 Å². The number of esters is 2. The molecule has 1 aliphatic heterocycles. The van der Waals surface area contributed by atoms with E-state index in [4.69, 9.17) is 109 Å². The number of methoxy groups -OCH3 is 1. The van der Waals surface area contributed by atoms with Gasteiger partial charge >= 0.3 is 30.5 Å². The van der Waals surface area contributed by atoms with Crippen LogP contribution in [0.4, 0.5) is 56.6 Å². The summed E-state index contributed by atoms with van der Waals surface area (Å²) in [5.74, 6) is -1.29. The Labute approximate surface area is 642 Å². The Kier molecular flexibility index (Phi) is 25.0. The van der Waals surface area contributed by atoms with Crippen molar-refractivity contribution in [3.05, 3.63) is 244 Å². The molecule has 0 radical (unpaired) electrons. The van der Waals surface area contributed by atoms with Gasteiger partial charge in [-0.05, 0) is 119 Å². The summed E-state index contributed by atoms with van der Waals surface area (Å²) in [5, 5.41) is 12.0. The molecule has 11 aromatic rings. The first-order valence-corrected chi connectivity index (χ1v) is 36.7. The Hall–Kier alpha value is -8.14. The third-order valence-electron chi connectivity index (χ3n) is 14.0. The van der Waals surface area contributed by atoms with Crippen molar-refractivity contribution >= 4 is 201 Å². The summed E-state index contributed by atoms with van der Waals surface area (Å²) in [6.07, 6.45) is -10.9. The molecule has 5 aromatic heterocycles. The number of carbonyl (C=O) groups excluding carboxylic acids is 2. The number of cyclic esters (lactones) is 2. The Morgan fingerprint density at radius 1 is 0.481 bits per heavy atom. The molecule has 6 heterocycles. The van der Waals surface area contributed by atoms with Crippen molar-refractivity contribution in [2.45, 2.75) is 33.2 Å². The number of H-pyrrole nitrogens is 2. The number of halogens is 19. The summed E-state index contributed by atoms with van der Waals surface area (Å²) in [6.45, 7) is -0.479. The van der Waals surface area contributed by atoms with Gasteiger partial charge in [-0.25, -0.2) is 54.3 Å². The van der Waals surface area contributed by atoms with Crippen LogP contribution in [-0.2, 0) is 58.1 Å². The number of nitrogens with one attached hydrogen (secondary N) is 4. The van der Waals surface area contributed by atoms with Crippen LogP contribution in [0.2, 0.25) is 45.2 Å². The van der Waals surface area contributed by atoms with Crippen LogP contribution in [0.5, 0.6) is 0 Å². The predicted molar refractivity (Wildman–Crippen MR) is 382 cm³/mol. The third kappa shape index (κ3) is 18.3. The van der Waals surface area contributed by atoms with Gasteiger partial charge in [0.25, 0.3) is 41.2 Å². The van der Waals surface area contributed by atoms with E-state index >= 15 is 0 Å². The lowest BCUT2D eigenvalue weighted by Gasteiger charge is -2.24. The molecular weight excluding hydrogens is 1740 g/mol. The molecule has 0 spiro atoms. The summed E-state index contributed by atoms with van der Waals surface area (Å²) in [7, 11) is -12.3. The number of ether oxygens (including phenoxy) is 2. The minimum Gasteiger partial charge on any atom is -0.386 e. The van der Waals surface area contributed by atoms with Gasteiger partial charge < -0.3 is 9.47 Å². The zero-order valence-corrected chi connectivity index (χ0v) is 62.4. The van der Waals surface area contributed by atoms with Crippen LogP contribution >= 0.6 is 120 Å². The molecule has 0 saturated heterocycles. The highest BCUT2D eigenvalue weighted by atomic mass is 79.9. The van der Waals surface area contributed by atoms with Gasteiger partial charge in [-0.15, -0.1) is 0 Å². The van der Waals surface area contributed by atoms with Gasteiger partial charge in [0.2, 0.25) is 0 Å². The molecule has 106 heavy (non-hydrogen) atoms. The number of carbonyl (C=O) groups is 2. The lowest BCUT2D eigenvalue weighted by Crippen LogP contribution is -2.33. The largest absolute Gasteiger partial charge is 0.417 e. The van der Waals surface area contributed by atoms with Gasteiger partial charge in [-0.1, -0.05) is 129 Å². The lowest BCUT2D eigenvalue weighted by atomic mass is 10.1. The number of rotatable bonds is 13. The van der Waals surface area contributed by atoms with Crippen molar-refractivity contribution < 1.29 is 83.8 Å². The smallest absolute Gasteiger partial charge is 0.386 e. The molecule has 4 N–H and O–H groups in total. The molecule has 0 bridgehead atoms. The quantitative estimate of drug-likeness (QED) is 0.0274. The van der Waals surface area contributed by atoms with E-state index in [9.17, 15) is 83.9 Å². The highest BCUT2D eigenvalue weighted by Gasteiger charge is 2.39. The highest BCUT2D eigenvalue weighted by Crippen LogP contribution is 2.43. The average molecular weight is 1780 g/mol. The molecular formula is C62H33BrCl9F9N10O12S3. The number of aromatic amines is 2. The monoisotopic (exact) mass is 1770 g/mol. The summed E-state index contributed by atoms with van der Waals surface area (Å²) in [4.78, 5) is 56.4. The minimum atomic E-state index is -4.87. The summed E-state index contributed by atoms with van der Waals surface area (Å²) in [6, 6.07) is 24.1. The predicted octanol–water partition coefficient (Wildman–Crippen LogP) is 18.1. The first-order valence-electron chi connectivity index (χ1n) is 28.1. The number of aromatic nitrogens is 7. The van der Waals surface area contributed by atoms with Crippen LogP contribution < -0.4 is 24.9 Å². The number of hydrogen-bond donors (Lipinski definition) is 4. The number of benzene rings is 6. The SMILES string of the molecule is COCN(c1cc(Cl)cnc1Br)S(=O)(=O)c1ccc(Cl)c(C(F)(F)F)c1.O=C1OC(=O)c2c(Cl)cccc21.O=c1[nH]nc(-c2ncc(Cl)cc2NS(=O)(=O)c2ccc(Cl)c(C(F)(F)F)c2)c2c(Cl)cccc12.O=c1[nH]nc(-c2ncc(Cl)cc2NS(=O)(=O)c2ccc(Cl)c(C(F)(F)F)c2)c2cccc(Cl)c12.